The highest BCUT2D eigenvalue weighted by molar-refractivity contribution is 8.00. The Hall–Kier alpha value is -2.18. The number of sulfonamides is 1. The normalized spacial score (nSPS) is 12.4. The molecule has 3 aromatic heterocycles. The van der Waals surface area contributed by atoms with Crippen molar-refractivity contribution in [2.75, 3.05) is 10.0 Å². The van der Waals surface area contributed by atoms with E-state index in [9.17, 15) is 13.2 Å². The molecular weight excluding hydrogens is 491 g/mol. The highest BCUT2D eigenvalue weighted by Gasteiger charge is 2.18. The van der Waals surface area contributed by atoms with Gasteiger partial charge in [0.2, 0.25) is 5.91 Å². The van der Waals surface area contributed by atoms with Crippen molar-refractivity contribution in [1.82, 2.24) is 4.98 Å². The number of amides is 1. The maximum atomic E-state index is 12.5. The second-order valence-electron chi connectivity index (χ2n) is 6.33. The largest absolute Gasteiger partial charge is 0.301 e. The van der Waals surface area contributed by atoms with Gasteiger partial charge in [-0.3, -0.25) is 9.52 Å². The van der Waals surface area contributed by atoms with Crippen LogP contribution < -0.4 is 10.0 Å². The lowest BCUT2D eigenvalue weighted by Crippen LogP contribution is -2.22. The Morgan fingerprint density at radius 1 is 1.03 bits per heavy atom. The summed E-state index contributed by atoms with van der Waals surface area (Å²) < 4.78 is 27.4. The Bertz CT molecular complexity index is 1250. The number of hydrogen-bond acceptors (Lipinski definition) is 8. The average Bonchev–Trinajstić information content (AvgIpc) is 3.51. The van der Waals surface area contributed by atoms with Crippen molar-refractivity contribution < 1.29 is 13.2 Å². The molecule has 0 spiro atoms. The Morgan fingerprint density at radius 2 is 1.77 bits per heavy atom. The predicted octanol–water partition coefficient (Wildman–Crippen LogP) is 5.85. The molecule has 1 aromatic carbocycles. The average molecular weight is 508 g/mol. The van der Waals surface area contributed by atoms with Crippen LogP contribution in [-0.4, -0.2) is 24.6 Å². The predicted molar refractivity (Wildman–Crippen MR) is 131 cm³/mol. The molecule has 6 nitrogen and oxygen atoms in total. The molecule has 2 N–H and O–H groups in total. The Balaban J connectivity index is 1.34. The van der Waals surface area contributed by atoms with Crippen LogP contribution in [-0.2, 0) is 14.8 Å². The van der Waals surface area contributed by atoms with Crippen molar-refractivity contribution in [3.05, 3.63) is 64.7 Å². The first-order valence-electron chi connectivity index (χ1n) is 9.04. The van der Waals surface area contributed by atoms with Gasteiger partial charge in [-0.2, -0.15) is 0 Å². The van der Waals surface area contributed by atoms with Crippen LogP contribution in [0.5, 0.6) is 0 Å². The van der Waals surface area contributed by atoms with E-state index in [0.29, 0.717) is 10.8 Å². The first kappa shape index (κ1) is 22.0. The van der Waals surface area contributed by atoms with Crippen LogP contribution in [0.1, 0.15) is 6.92 Å². The third kappa shape index (κ3) is 5.55. The van der Waals surface area contributed by atoms with Crippen molar-refractivity contribution in [1.29, 1.82) is 0 Å². The summed E-state index contributed by atoms with van der Waals surface area (Å²) in [6, 6.07) is 14.2. The van der Waals surface area contributed by atoms with Crippen LogP contribution in [0, 0.1) is 0 Å². The molecule has 160 valence electrons. The Kier molecular flexibility index (Phi) is 6.77. The smallest absolute Gasteiger partial charge is 0.271 e. The van der Waals surface area contributed by atoms with Gasteiger partial charge >= 0.3 is 0 Å². The quantitative estimate of drug-likeness (QED) is 0.292. The number of anilines is 2. The molecule has 31 heavy (non-hydrogen) atoms. The first-order valence-corrected chi connectivity index (χ1v) is 14.0. The molecule has 0 aliphatic heterocycles. The molecule has 0 radical (unpaired) electrons. The minimum Gasteiger partial charge on any atom is -0.301 e. The summed E-state index contributed by atoms with van der Waals surface area (Å²) in [5, 5.41) is 8.72. The zero-order valence-electron chi connectivity index (χ0n) is 16.1. The number of aromatic nitrogens is 1. The summed E-state index contributed by atoms with van der Waals surface area (Å²) in [5.41, 5.74) is 1.33. The van der Waals surface area contributed by atoms with Gasteiger partial charge in [0.05, 0.1) is 15.8 Å². The third-order valence-corrected chi connectivity index (χ3v) is 9.60. The van der Waals surface area contributed by atoms with Crippen LogP contribution in [0.4, 0.5) is 10.8 Å². The highest BCUT2D eigenvalue weighted by atomic mass is 32.2. The highest BCUT2D eigenvalue weighted by Crippen LogP contribution is 2.30. The minimum atomic E-state index is -3.58. The summed E-state index contributed by atoms with van der Waals surface area (Å²) in [6.07, 6.45) is 0. The Labute approximate surface area is 196 Å². The Morgan fingerprint density at radius 3 is 2.45 bits per heavy atom. The molecule has 0 saturated carbocycles. The molecule has 0 aliphatic carbocycles. The fourth-order valence-electron chi connectivity index (χ4n) is 2.56. The molecular formula is C20H17N3O3S5. The summed E-state index contributed by atoms with van der Waals surface area (Å²) >= 11 is 5.55. The van der Waals surface area contributed by atoms with Gasteiger partial charge in [0.15, 0.2) is 5.13 Å². The fourth-order valence-corrected chi connectivity index (χ4v) is 6.95. The van der Waals surface area contributed by atoms with E-state index in [2.05, 4.69) is 15.0 Å². The van der Waals surface area contributed by atoms with Gasteiger partial charge in [-0.15, -0.1) is 45.8 Å². The van der Waals surface area contributed by atoms with Gasteiger partial charge in [0, 0.05) is 16.0 Å². The number of thiazole rings is 1. The van der Waals surface area contributed by atoms with Crippen molar-refractivity contribution in [2.45, 2.75) is 21.3 Å². The molecule has 1 atom stereocenters. The summed E-state index contributed by atoms with van der Waals surface area (Å²) in [7, 11) is -3.58. The van der Waals surface area contributed by atoms with Crippen LogP contribution in [0.2, 0.25) is 0 Å². The molecule has 1 amide bonds. The topological polar surface area (TPSA) is 88.2 Å². The summed E-state index contributed by atoms with van der Waals surface area (Å²) in [5.74, 6) is -0.139. The van der Waals surface area contributed by atoms with Gasteiger partial charge in [0.25, 0.3) is 10.0 Å². The van der Waals surface area contributed by atoms with E-state index in [1.54, 1.807) is 53.1 Å². The van der Waals surface area contributed by atoms with Gasteiger partial charge < -0.3 is 5.32 Å². The number of benzene rings is 1. The van der Waals surface area contributed by atoms with Crippen LogP contribution in [0.3, 0.4) is 0 Å². The molecule has 4 aromatic rings. The number of thiophene rings is 2. The van der Waals surface area contributed by atoms with Crippen LogP contribution in [0.25, 0.3) is 10.6 Å². The molecule has 11 heteroatoms. The second kappa shape index (κ2) is 9.53. The van der Waals surface area contributed by atoms with Gasteiger partial charge in [-0.05, 0) is 54.1 Å². The van der Waals surface area contributed by atoms with E-state index < -0.39 is 10.0 Å². The maximum Gasteiger partial charge on any atom is 0.271 e. The summed E-state index contributed by atoms with van der Waals surface area (Å²) in [6.45, 7) is 1.82. The number of carbonyl (C=O) groups is 1. The number of nitrogens with one attached hydrogen (secondary N) is 2. The molecule has 0 saturated heterocycles. The lowest BCUT2D eigenvalue weighted by molar-refractivity contribution is -0.115. The van der Waals surface area contributed by atoms with E-state index >= 15 is 0 Å². The van der Waals surface area contributed by atoms with Gasteiger partial charge in [-0.25, -0.2) is 13.4 Å². The van der Waals surface area contributed by atoms with E-state index in [1.807, 2.05) is 29.8 Å². The number of hydrogen-bond donors (Lipinski definition) is 2. The van der Waals surface area contributed by atoms with Crippen molar-refractivity contribution in [3.63, 3.8) is 0 Å². The van der Waals surface area contributed by atoms with Gasteiger partial charge in [0.1, 0.15) is 4.21 Å². The summed E-state index contributed by atoms with van der Waals surface area (Å²) in [4.78, 5) is 18.9. The van der Waals surface area contributed by atoms with Crippen molar-refractivity contribution in [2.24, 2.45) is 0 Å². The SMILES string of the molecule is CC(Sc1ccc(NS(=O)(=O)c2cccs2)cc1)C(=O)Nc1nc(-c2cccs2)cs1. The zero-order valence-corrected chi connectivity index (χ0v) is 20.2. The molecule has 0 fully saturated rings. The number of carbonyl (C=O) groups excluding carboxylic acids is 1. The monoisotopic (exact) mass is 507 g/mol. The number of thioether (sulfide) groups is 1. The molecule has 1 unspecified atom stereocenters. The third-order valence-electron chi connectivity index (χ3n) is 4.06. The van der Waals surface area contributed by atoms with Crippen LogP contribution >= 0.6 is 45.8 Å². The first-order chi connectivity index (χ1) is 14.9. The van der Waals surface area contributed by atoms with E-state index in [-0.39, 0.29) is 15.4 Å². The molecule has 3 heterocycles. The van der Waals surface area contributed by atoms with Crippen LogP contribution in [0.15, 0.2) is 73.8 Å². The van der Waals surface area contributed by atoms with E-state index in [4.69, 9.17) is 0 Å². The number of nitrogens with zero attached hydrogens (tertiary/aromatic N) is 1. The standard InChI is InChI=1S/C20H17N3O3S5/c1-13(19(24)22-20-21-16(12-29-20)17-4-2-10-27-17)30-15-8-6-14(7-9-15)23-31(25,26)18-5-3-11-28-18/h2-13,23H,1H3,(H,21,22,24). The van der Waals surface area contributed by atoms with Gasteiger partial charge in [-0.1, -0.05) is 12.1 Å². The van der Waals surface area contributed by atoms with E-state index in [0.717, 1.165) is 26.8 Å². The maximum absolute atomic E-state index is 12.5. The fraction of sp³-hybridized carbons (Fsp3) is 0.100. The number of rotatable bonds is 8. The molecule has 0 aliphatic rings. The molecule has 4 rings (SSSR count). The zero-order chi connectivity index (χ0) is 21.8. The minimum absolute atomic E-state index is 0.139. The lowest BCUT2D eigenvalue weighted by atomic mass is 10.3. The van der Waals surface area contributed by atoms with Crippen molar-refractivity contribution in [3.8, 4) is 10.6 Å². The second-order valence-corrected chi connectivity index (χ2v) is 12.4. The van der Waals surface area contributed by atoms with E-state index in [1.165, 1.54) is 23.1 Å². The lowest BCUT2D eigenvalue weighted by Gasteiger charge is -2.11. The molecule has 0 bridgehead atoms. The van der Waals surface area contributed by atoms with Crippen molar-refractivity contribution >= 4 is 72.5 Å².